The molecular formula is C25H24FN3O4. The predicted octanol–water partition coefficient (Wildman–Crippen LogP) is 5.08. The summed E-state index contributed by atoms with van der Waals surface area (Å²) in [5.41, 5.74) is 1.90. The van der Waals surface area contributed by atoms with Crippen LogP contribution in [-0.2, 0) is 11.2 Å². The molecule has 5 rings (SSSR count). The van der Waals surface area contributed by atoms with E-state index in [-0.39, 0.29) is 23.8 Å². The third-order valence-electron chi connectivity index (χ3n) is 6.18. The second-order valence-electron chi connectivity index (χ2n) is 8.68. The monoisotopic (exact) mass is 449 g/mol. The fourth-order valence-corrected chi connectivity index (χ4v) is 4.24. The molecule has 7 nitrogen and oxygen atoms in total. The molecule has 1 saturated carbocycles. The molecule has 0 spiro atoms. The Morgan fingerprint density at radius 3 is 2.82 bits per heavy atom. The first-order valence-electron chi connectivity index (χ1n) is 11.3. The topological polar surface area (TPSA) is 98.2 Å². The van der Waals surface area contributed by atoms with Crippen LogP contribution in [0.25, 0.3) is 22.2 Å². The Balaban J connectivity index is 1.53. The number of hydrogen-bond donors (Lipinski definition) is 1. The van der Waals surface area contributed by atoms with Crippen LogP contribution in [-0.4, -0.2) is 25.8 Å². The van der Waals surface area contributed by atoms with E-state index in [1.807, 2.05) is 18.2 Å². The maximum absolute atomic E-state index is 13.5. The molecule has 0 saturated heterocycles. The zero-order valence-electron chi connectivity index (χ0n) is 18.0. The number of aryl methyl sites for hydroxylation is 1. The zero-order valence-corrected chi connectivity index (χ0v) is 18.0. The van der Waals surface area contributed by atoms with Crippen molar-refractivity contribution in [1.82, 2.24) is 14.7 Å². The summed E-state index contributed by atoms with van der Waals surface area (Å²) >= 11 is 0. The Morgan fingerprint density at radius 1 is 1.24 bits per heavy atom. The second kappa shape index (κ2) is 8.77. The standard InChI is InChI=1S/C25H24FN3O4/c26-17-8-10-18(11-9-17)29-23(3-1-2-4-24(30)31)27-21-13-16(7-12-19(21)25(29)32)20-14-22(33-28-20)15-5-6-15/h7-10,12-15,18H,1-6,11H2,(H,30,31). The Bertz CT molecular complexity index is 1330. The number of carboxylic acids is 1. The molecule has 1 N–H and O–H groups in total. The Labute approximate surface area is 189 Å². The Kier molecular flexibility index (Phi) is 5.66. The van der Waals surface area contributed by atoms with Crippen molar-refractivity contribution in [2.45, 2.75) is 56.9 Å². The van der Waals surface area contributed by atoms with Gasteiger partial charge >= 0.3 is 5.97 Å². The summed E-state index contributed by atoms with van der Waals surface area (Å²) in [4.78, 5) is 29.1. The maximum Gasteiger partial charge on any atom is 0.303 e. The molecule has 0 amide bonds. The molecule has 1 fully saturated rings. The van der Waals surface area contributed by atoms with Crippen molar-refractivity contribution >= 4 is 16.9 Å². The van der Waals surface area contributed by atoms with Crippen molar-refractivity contribution in [3.8, 4) is 11.3 Å². The van der Waals surface area contributed by atoms with Crippen LogP contribution in [0.3, 0.4) is 0 Å². The van der Waals surface area contributed by atoms with Crippen molar-refractivity contribution in [2.75, 3.05) is 0 Å². The fraction of sp³-hybridized carbons (Fsp3) is 0.360. The first kappa shape index (κ1) is 21.3. The van der Waals surface area contributed by atoms with E-state index >= 15 is 0 Å². The third kappa shape index (κ3) is 4.51. The van der Waals surface area contributed by atoms with Crippen molar-refractivity contribution in [3.63, 3.8) is 0 Å². The van der Waals surface area contributed by atoms with E-state index in [2.05, 4.69) is 5.16 Å². The smallest absolute Gasteiger partial charge is 0.303 e. The number of aromatic nitrogens is 3. The van der Waals surface area contributed by atoms with Crippen LogP contribution in [0.2, 0.25) is 0 Å². The quantitative estimate of drug-likeness (QED) is 0.482. The minimum Gasteiger partial charge on any atom is -0.481 e. The van der Waals surface area contributed by atoms with Crippen LogP contribution < -0.4 is 5.56 Å². The molecule has 0 radical (unpaired) electrons. The van der Waals surface area contributed by atoms with Crippen LogP contribution in [0, 0.1) is 0 Å². The summed E-state index contributed by atoms with van der Waals surface area (Å²) < 4.78 is 20.6. The lowest BCUT2D eigenvalue weighted by Gasteiger charge is -2.21. The highest BCUT2D eigenvalue weighted by atomic mass is 19.1. The Hall–Kier alpha value is -3.55. The highest BCUT2D eigenvalue weighted by molar-refractivity contribution is 5.83. The van der Waals surface area contributed by atoms with Gasteiger partial charge in [-0.15, -0.1) is 0 Å². The van der Waals surface area contributed by atoms with Gasteiger partial charge in [-0.2, -0.15) is 0 Å². The molecular weight excluding hydrogens is 425 g/mol. The van der Waals surface area contributed by atoms with Gasteiger partial charge in [0.2, 0.25) is 0 Å². The number of rotatable bonds is 8. The fourth-order valence-electron chi connectivity index (χ4n) is 4.24. The minimum absolute atomic E-state index is 0.0642. The zero-order chi connectivity index (χ0) is 22.9. The number of fused-ring (bicyclic) bond motifs is 1. The first-order valence-corrected chi connectivity index (χ1v) is 11.3. The van der Waals surface area contributed by atoms with Gasteiger partial charge in [0.1, 0.15) is 23.1 Å². The van der Waals surface area contributed by atoms with Gasteiger partial charge < -0.3 is 9.63 Å². The normalized spacial score (nSPS) is 18.0. The molecule has 0 bridgehead atoms. The number of aliphatic carboxylic acids is 1. The molecule has 1 aromatic carbocycles. The highest BCUT2D eigenvalue weighted by Crippen LogP contribution is 2.41. The van der Waals surface area contributed by atoms with E-state index < -0.39 is 5.97 Å². The van der Waals surface area contributed by atoms with Crippen molar-refractivity contribution in [3.05, 3.63) is 70.3 Å². The number of halogens is 1. The molecule has 170 valence electrons. The number of allylic oxidation sites excluding steroid dienone is 4. The van der Waals surface area contributed by atoms with Gasteiger partial charge in [-0.05, 0) is 56.4 Å². The number of unbranched alkanes of at least 4 members (excludes halogenated alkanes) is 1. The number of benzene rings is 1. The van der Waals surface area contributed by atoms with Crippen molar-refractivity contribution in [2.24, 2.45) is 0 Å². The van der Waals surface area contributed by atoms with E-state index in [1.165, 1.54) is 12.2 Å². The van der Waals surface area contributed by atoms with Gasteiger partial charge in [0.05, 0.1) is 16.9 Å². The predicted molar refractivity (Wildman–Crippen MR) is 121 cm³/mol. The molecule has 1 unspecified atom stereocenters. The van der Waals surface area contributed by atoms with E-state index in [0.717, 1.165) is 24.2 Å². The summed E-state index contributed by atoms with van der Waals surface area (Å²) in [5, 5.41) is 13.6. The summed E-state index contributed by atoms with van der Waals surface area (Å²) in [6, 6.07) is 7.04. The average Bonchev–Trinajstić information content (AvgIpc) is 3.54. The lowest BCUT2D eigenvalue weighted by atomic mass is 10.1. The van der Waals surface area contributed by atoms with Gasteiger partial charge in [0.15, 0.2) is 0 Å². The molecule has 2 aliphatic rings. The largest absolute Gasteiger partial charge is 0.481 e. The lowest BCUT2D eigenvalue weighted by Crippen LogP contribution is -2.29. The van der Waals surface area contributed by atoms with Gasteiger partial charge in [-0.25, -0.2) is 9.37 Å². The highest BCUT2D eigenvalue weighted by Gasteiger charge is 2.28. The summed E-state index contributed by atoms with van der Waals surface area (Å²) in [6.07, 6.45) is 8.68. The SMILES string of the molecule is O=C(O)CCCCc1nc2cc(-c3cc(C4CC4)on3)ccc2c(=O)n1C1C=CC(F)=CC1. The molecule has 2 aromatic heterocycles. The maximum atomic E-state index is 13.5. The van der Waals surface area contributed by atoms with Gasteiger partial charge in [-0.1, -0.05) is 17.3 Å². The molecule has 1 atom stereocenters. The van der Waals surface area contributed by atoms with E-state index in [0.29, 0.717) is 54.0 Å². The minimum atomic E-state index is -0.850. The summed E-state index contributed by atoms with van der Waals surface area (Å²) in [5.74, 6) is 0.740. The molecule has 33 heavy (non-hydrogen) atoms. The molecule has 8 heteroatoms. The van der Waals surface area contributed by atoms with Crippen LogP contribution in [0.15, 0.2) is 57.6 Å². The van der Waals surface area contributed by atoms with Crippen LogP contribution in [0.1, 0.15) is 62.1 Å². The molecule has 3 aromatic rings. The van der Waals surface area contributed by atoms with Crippen molar-refractivity contribution in [1.29, 1.82) is 0 Å². The summed E-state index contributed by atoms with van der Waals surface area (Å²) in [7, 11) is 0. The van der Waals surface area contributed by atoms with Crippen molar-refractivity contribution < 1.29 is 18.8 Å². The number of hydrogen-bond acceptors (Lipinski definition) is 5. The second-order valence-corrected chi connectivity index (χ2v) is 8.68. The first-order chi connectivity index (χ1) is 16.0. The van der Waals surface area contributed by atoms with Gasteiger partial charge in [0, 0.05) is 30.4 Å². The van der Waals surface area contributed by atoms with Gasteiger partial charge in [0.25, 0.3) is 5.56 Å². The number of carbonyl (C=O) groups is 1. The lowest BCUT2D eigenvalue weighted by molar-refractivity contribution is -0.137. The van der Waals surface area contributed by atoms with Gasteiger partial charge in [-0.3, -0.25) is 14.2 Å². The van der Waals surface area contributed by atoms with Crippen LogP contribution in [0.5, 0.6) is 0 Å². The van der Waals surface area contributed by atoms with E-state index in [1.54, 1.807) is 16.7 Å². The molecule has 0 aliphatic heterocycles. The molecule has 2 heterocycles. The van der Waals surface area contributed by atoms with E-state index in [9.17, 15) is 14.0 Å². The average molecular weight is 449 g/mol. The molecule has 2 aliphatic carbocycles. The van der Waals surface area contributed by atoms with Crippen LogP contribution in [0.4, 0.5) is 4.39 Å². The van der Waals surface area contributed by atoms with E-state index in [4.69, 9.17) is 14.6 Å². The number of carboxylic acid groups (broad SMARTS) is 1. The summed E-state index contributed by atoms with van der Waals surface area (Å²) in [6.45, 7) is 0. The van der Waals surface area contributed by atoms with Crippen LogP contribution >= 0.6 is 0 Å². The third-order valence-corrected chi connectivity index (χ3v) is 6.18. The number of nitrogens with zero attached hydrogens (tertiary/aromatic N) is 3. The Morgan fingerprint density at radius 2 is 2.09 bits per heavy atom.